The molecule has 0 aromatic carbocycles. The van der Waals surface area contributed by atoms with Crippen LogP contribution in [0.15, 0.2) is 24.4 Å². The molecule has 3 rings (SSSR count). The number of aliphatic hydroxyl groups excluding tert-OH is 2. The third kappa shape index (κ3) is 5.00. The van der Waals surface area contributed by atoms with E-state index in [4.69, 9.17) is 9.47 Å². The number of likely N-dealkylation sites (N-methyl/N-ethyl adjacent to an activating group) is 1. The first-order valence-corrected chi connectivity index (χ1v) is 9.54. The first kappa shape index (κ1) is 19.7. The Morgan fingerprint density at radius 1 is 1.27 bits per heavy atom. The minimum Gasteiger partial charge on any atom is -0.394 e. The Balaban J connectivity index is 1.56. The van der Waals surface area contributed by atoms with Crippen LogP contribution in [-0.4, -0.2) is 90.5 Å². The minimum atomic E-state index is -0.699. The Morgan fingerprint density at radius 2 is 2.08 bits per heavy atom. The lowest BCUT2D eigenvalue weighted by molar-refractivity contribution is -0.0229. The number of rotatable bonds is 8. The lowest BCUT2D eigenvalue weighted by Crippen LogP contribution is -2.51. The molecule has 2 aliphatic rings. The van der Waals surface area contributed by atoms with E-state index < -0.39 is 12.2 Å². The van der Waals surface area contributed by atoms with Crippen molar-refractivity contribution >= 4 is 0 Å². The highest BCUT2D eigenvalue weighted by atomic mass is 16.5. The highest BCUT2D eigenvalue weighted by Crippen LogP contribution is 2.25. The van der Waals surface area contributed by atoms with E-state index >= 15 is 0 Å². The predicted molar refractivity (Wildman–Crippen MR) is 98.0 cm³/mol. The molecule has 2 fully saturated rings. The van der Waals surface area contributed by atoms with E-state index in [0.717, 1.165) is 44.7 Å². The lowest BCUT2D eigenvalue weighted by Gasteiger charge is -2.32. The van der Waals surface area contributed by atoms with Gasteiger partial charge in [-0.15, -0.1) is 0 Å². The van der Waals surface area contributed by atoms with Crippen molar-refractivity contribution in [3.8, 4) is 0 Å². The second kappa shape index (κ2) is 9.73. The molecule has 0 radical (unpaired) electrons. The summed E-state index contributed by atoms with van der Waals surface area (Å²) in [6, 6.07) is 6.18. The van der Waals surface area contributed by atoms with Gasteiger partial charge in [0.25, 0.3) is 0 Å². The summed E-state index contributed by atoms with van der Waals surface area (Å²) in [6.45, 7) is 2.85. The van der Waals surface area contributed by atoms with E-state index in [-0.39, 0.29) is 18.8 Å². The summed E-state index contributed by atoms with van der Waals surface area (Å²) >= 11 is 0. The van der Waals surface area contributed by atoms with Crippen LogP contribution in [0.5, 0.6) is 0 Å². The Labute approximate surface area is 155 Å². The first-order chi connectivity index (χ1) is 12.7. The molecule has 0 spiro atoms. The molecule has 2 aliphatic heterocycles. The average Bonchev–Trinajstić information content (AvgIpc) is 3.01. The molecule has 1 aromatic rings. The van der Waals surface area contributed by atoms with Gasteiger partial charge in [-0.05, 0) is 32.0 Å². The smallest absolute Gasteiger partial charge is 0.109 e. The molecule has 0 aliphatic carbocycles. The number of hydrogen-bond donors (Lipinski definition) is 3. The third-order valence-electron chi connectivity index (χ3n) is 5.43. The fraction of sp³-hybridized carbons (Fsp3) is 0.737. The van der Waals surface area contributed by atoms with Gasteiger partial charge < -0.3 is 25.0 Å². The van der Waals surface area contributed by atoms with E-state index in [2.05, 4.69) is 15.2 Å². The van der Waals surface area contributed by atoms with Gasteiger partial charge in [0.2, 0.25) is 0 Å². The van der Waals surface area contributed by atoms with E-state index in [1.165, 1.54) is 0 Å². The predicted octanol–water partition coefficient (Wildman–Crippen LogP) is -0.186. The molecule has 0 saturated carbocycles. The highest BCUT2D eigenvalue weighted by Gasteiger charge is 2.45. The van der Waals surface area contributed by atoms with Crippen LogP contribution in [-0.2, 0) is 15.9 Å². The molecule has 26 heavy (non-hydrogen) atoms. The fourth-order valence-corrected chi connectivity index (χ4v) is 3.86. The normalized spacial score (nSPS) is 30.2. The molecule has 7 heteroatoms. The zero-order valence-corrected chi connectivity index (χ0v) is 15.5. The van der Waals surface area contributed by atoms with E-state index in [9.17, 15) is 10.2 Å². The van der Waals surface area contributed by atoms with Crippen LogP contribution in [0.4, 0.5) is 0 Å². The molecule has 146 valence electrons. The quantitative estimate of drug-likeness (QED) is 0.589. The van der Waals surface area contributed by atoms with Crippen molar-refractivity contribution < 1.29 is 19.7 Å². The second-order valence-electron chi connectivity index (χ2n) is 7.22. The number of nitrogens with zero attached hydrogens (tertiary/aromatic N) is 2. The maximum atomic E-state index is 10.6. The molecule has 2 saturated heterocycles. The van der Waals surface area contributed by atoms with Crippen LogP contribution in [0.1, 0.15) is 18.5 Å². The second-order valence-corrected chi connectivity index (χ2v) is 7.22. The number of ether oxygens (including phenoxy) is 2. The van der Waals surface area contributed by atoms with E-state index in [1.807, 2.05) is 25.2 Å². The molecular formula is C19H31N3O4. The summed E-state index contributed by atoms with van der Waals surface area (Å²) in [6.07, 6.45) is 3.22. The van der Waals surface area contributed by atoms with Crippen molar-refractivity contribution in [2.45, 2.75) is 49.7 Å². The van der Waals surface area contributed by atoms with Gasteiger partial charge in [0, 0.05) is 50.7 Å². The maximum absolute atomic E-state index is 10.6. The number of aliphatic hydroxyl groups is 2. The van der Waals surface area contributed by atoms with E-state index in [1.54, 1.807) is 6.20 Å². The Kier molecular flexibility index (Phi) is 7.36. The molecule has 3 N–H and O–H groups in total. The zero-order chi connectivity index (χ0) is 18.4. The largest absolute Gasteiger partial charge is 0.394 e. The van der Waals surface area contributed by atoms with Crippen molar-refractivity contribution in [3.05, 3.63) is 30.1 Å². The molecule has 4 atom stereocenters. The van der Waals surface area contributed by atoms with Crippen LogP contribution >= 0.6 is 0 Å². The van der Waals surface area contributed by atoms with Gasteiger partial charge >= 0.3 is 0 Å². The van der Waals surface area contributed by atoms with Crippen molar-refractivity contribution in [1.82, 2.24) is 15.2 Å². The minimum absolute atomic E-state index is 0.150. The van der Waals surface area contributed by atoms with Crippen LogP contribution in [0.2, 0.25) is 0 Å². The Bertz CT molecular complexity index is 527. The summed E-state index contributed by atoms with van der Waals surface area (Å²) in [5.74, 6) is 0. The summed E-state index contributed by atoms with van der Waals surface area (Å²) in [4.78, 5) is 6.49. The topological polar surface area (TPSA) is 87.1 Å². The average molecular weight is 365 g/mol. The molecule has 1 aromatic heterocycles. The van der Waals surface area contributed by atoms with Crippen LogP contribution < -0.4 is 5.32 Å². The van der Waals surface area contributed by atoms with Crippen LogP contribution in [0.3, 0.4) is 0 Å². The number of pyridine rings is 1. The molecule has 3 heterocycles. The fourth-order valence-electron chi connectivity index (χ4n) is 3.86. The molecule has 0 unspecified atom stereocenters. The molecule has 0 amide bonds. The van der Waals surface area contributed by atoms with Gasteiger partial charge in [0.1, 0.15) is 12.2 Å². The van der Waals surface area contributed by atoms with E-state index in [0.29, 0.717) is 12.6 Å². The number of aromatic nitrogens is 1. The monoisotopic (exact) mass is 365 g/mol. The number of hydrogen-bond acceptors (Lipinski definition) is 7. The zero-order valence-electron chi connectivity index (χ0n) is 15.5. The van der Waals surface area contributed by atoms with Crippen LogP contribution in [0, 0.1) is 0 Å². The SMILES string of the molecule is CN(CCc1ccccn1)[C@H]1[C@H](O)[C@H](CO)O[C@@H]1CNC1CCOCC1. The lowest BCUT2D eigenvalue weighted by atomic mass is 10.0. The Hall–Kier alpha value is -1.09. The van der Waals surface area contributed by atoms with Crippen molar-refractivity contribution in [1.29, 1.82) is 0 Å². The summed E-state index contributed by atoms with van der Waals surface area (Å²) in [7, 11) is 2.00. The summed E-state index contributed by atoms with van der Waals surface area (Å²) in [5, 5.41) is 23.7. The third-order valence-corrected chi connectivity index (χ3v) is 5.43. The molecule has 0 bridgehead atoms. The van der Waals surface area contributed by atoms with Crippen LogP contribution in [0.25, 0.3) is 0 Å². The molecular weight excluding hydrogens is 334 g/mol. The van der Waals surface area contributed by atoms with Gasteiger partial charge in [-0.3, -0.25) is 9.88 Å². The summed E-state index contributed by atoms with van der Waals surface area (Å²) < 4.78 is 11.3. The van der Waals surface area contributed by atoms with Crippen molar-refractivity contribution in [2.24, 2.45) is 0 Å². The highest BCUT2D eigenvalue weighted by molar-refractivity contribution is 5.04. The van der Waals surface area contributed by atoms with Gasteiger partial charge in [0.15, 0.2) is 0 Å². The maximum Gasteiger partial charge on any atom is 0.109 e. The standard InChI is InChI=1S/C19H31N3O4/c1-22(9-5-14-4-2-3-8-20-14)18-16(26-17(13-23)19(18)24)12-21-15-6-10-25-11-7-15/h2-4,8,15-19,21,23-24H,5-7,9-13H2,1H3/t16-,17+,18-,19-/m1/s1. The first-order valence-electron chi connectivity index (χ1n) is 9.54. The van der Waals surface area contributed by atoms with Crippen molar-refractivity contribution in [3.63, 3.8) is 0 Å². The molecule has 7 nitrogen and oxygen atoms in total. The van der Waals surface area contributed by atoms with Gasteiger partial charge in [0.05, 0.1) is 18.8 Å². The van der Waals surface area contributed by atoms with Crippen molar-refractivity contribution in [2.75, 3.05) is 40.0 Å². The Morgan fingerprint density at radius 3 is 2.77 bits per heavy atom. The van der Waals surface area contributed by atoms with Gasteiger partial charge in [-0.25, -0.2) is 0 Å². The number of nitrogens with one attached hydrogen (secondary N) is 1. The summed E-state index contributed by atoms with van der Waals surface area (Å²) in [5.41, 5.74) is 1.03. The van der Waals surface area contributed by atoms with Gasteiger partial charge in [-0.1, -0.05) is 6.07 Å². The van der Waals surface area contributed by atoms with Gasteiger partial charge in [-0.2, -0.15) is 0 Å².